The molecule has 1 heterocycles. The monoisotopic (exact) mass is 676 g/mol. The fraction of sp³-hybridized carbons (Fsp3) is 0.471. The number of hydrogen-bond acceptors (Lipinski definition) is 8. The van der Waals surface area contributed by atoms with E-state index >= 15 is 0 Å². The zero-order valence-corrected chi connectivity index (χ0v) is 27.9. The molecule has 0 aromatic heterocycles. The van der Waals surface area contributed by atoms with Crippen LogP contribution in [0, 0.1) is 11.8 Å². The molecule has 6 atom stereocenters. The number of amides is 2. The van der Waals surface area contributed by atoms with Crippen LogP contribution >= 0.6 is 23.2 Å². The highest BCUT2D eigenvalue weighted by Crippen LogP contribution is 2.29. The first-order chi connectivity index (χ1) is 21.9. The maximum absolute atomic E-state index is 13.3. The number of carbonyl (C=O) groups is 4. The van der Waals surface area contributed by atoms with Gasteiger partial charge in [0, 0.05) is 25.8 Å². The number of hydrogen-bond donors (Lipinski definition) is 3. The molecule has 2 amide bonds. The van der Waals surface area contributed by atoms with E-state index in [-0.39, 0.29) is 38.1 Å². The molecule has 1 aliphatic rings. The Labute approximate surface area is 279 Å². The molecule has 2 aromatic carbocycles. The number of alkyl halides is 1. The number of esters is 2. The Bertz CT molecular complexity index is 1370. The fourth-order valence-electron chi connectivity index (χ4n) is 4.85. The predicted octanol–water partition coefficient (Wildman–Crippen LogP) is 4.69. The first-order valence-electron chi connectivity index (χ1n) is 15.2. The van der Waals surface area contributed by atoms with Crippen LogP contribution in [0.5, 0.6) is 5.75 Å². The second kappa shape index (κ2) is 17.9. The number of halogens is 2. The Morgan fingerprint density at radius 3 is 2.39 bits per heavy atom. The fourth-order valence-corrected chi connectivity index (χ4v) is 5.37. The number of rotatable bonds is 9. The molecule has 0 unspecified atom stereocenters. The van der Waals surface area contributed by atoms with Gasteiger partial charge in [-0.1, -0.05) is 74.8 Å². The van der Waals surface area contributed by atoms with Crippen molar-refractivity contribution in [1.82, 2.24) is 10.6 Å². The van der Waals surface area contributed by atoms with E-state index in [9.17, 15) is 24.3 Å². The zero-order chi connectivity index (χ0) is 33.8. The molecule has 10 nitrogen and oxygen atoms in total. The average molecular weight is 678 g/mol. The van der Waals surface area contributed by atoms with Crippen molar-refractivity contribution >= 4 is 47.0 Å². The number of nitrogens with one attached hydrogen (secondary N) is 2. The molecular formula is C34H42Cl2N2O8. The second-order valence-corrected chi connectivity index (χ2v) is 12.6. The van der Waals surface area contributed by atoms with Crippen molar-refractivity contribution in [3.8, 4) is 5.75 Å². The van der Waals surface area contributed by atoms with E-state index in [4.69, 9.17) is 37.4 Å². The SMILES string of the molecule is COc1ccc(C[C@H]2NC(=O)/C=C/C[C@@H](C[C@@H](O)[C@@H](Cl)c3ccccc3)OC(=O)[C@H](CC(C)C)OC(=O)[C@H](C)CNC2=O)cc1Cl. The molecule has 250 valence electrons. The first kappa shape index (κ1) is 36.9. The van der Waals surface area contributed by atoms with E-state index < -0.39 is 59.4 Å². The topological polar surface area (TPSA) is 140 Å². The lowest BCUT2D eigenvalue weighted by atomic mass is 10.0. The van der Waals surface area contributed by atoms with Gasteiger partial charge in [0.25, 0.3) is 0 Å². The Kier molecular flexibility index (Phi) is 14.4. The lowest BCUT2D eigenvalue weighted by Gasteiger charge is -2.26. The summed E-state index contributed by atoms with van der Waals surface area (Å²) >= 11 is 12.8. The van der Waals surface area contributed by atoms with Gasteiger partial charge in [-0.3, -0.25) is 14.4 Å². The second-order valence-electron chi connectivity index (χ2n) is 11.7. The van der Waals surface area contributed by atoms with Crippen molar-refractivity contribution in [3.05, 3.63) is 76.8 Å². The summed E-state index contributed by atoms with van der Waals surface area (Å²) in [5.41, 5.74) is 1.36. The summed E-state index contributed by atoms with van der Waals surface area (Å²) in [6, 6.07) is 13.0. The average Bonchev–Trinajstić information content (AvgIpc) is 3.02. The van der Waals surface area contributed by atoms with Crippen molar-refractivity contribution in [2.75, 3.05) is 13.7 Å². The van der Waals surface area contributed by atoms with Gasteiger partial charge in [-0.05, 0) is 41.7 Å². The predicted molar refractivity (Wildman–Crippen MR) is 174 cm³/mol. The molecule has 0 spiro atoms. The van der Waals surface area contributed by atoms with Crippen LogP contribution in [0.1, 0.15) is 56.5 Å². The molecular weight excluding hydrogens is 635 g/mol. The van der Waals surface area contributed by atoms with Crippen molar-refractivity contribution in [1.29, 1.82) is 0 Å². The van der Waals surface area contributed by atoms with Gasteiger partial charge >= 0.3 is 11.9 Å². The third kappa shape index (κ3) is 11.3. The zero-order valence-electron chi connectivity index (χ0n) is 26.4. The maximum Gasteiger partial charge on any atom is 0.347 e. The molecule has 12 heteroatoms. The Morgan fingerprint density at radius 1 is 1.02 bits per heavy atom. The smallest absolute Gasteiger partial charge is 0.347 e. The Balaban J connectivity index is 1.88. The summed E-state index contributed by atoms with van der Waals surface area (Å²) in [5.74, 6) is -2.92. The summed E-state index contributed by atoms with van der Waals surface area (Å²) in [6.45, 7) is 5.21. The van der Waals surface area contributed by atoms with Crippen LogP contribution in [0.15, 0.2) is 60.7 Å². The van der Waals surface area contributed by atoms with E-state index in [1.54, 1.807) is 49.4 Å². The molecule has 1 aliphatic heterocycles. The van der Waals surface area contributed by atoms with Crippen LogP contribution in [-0.4, -0.2) is 66.9 Å². The minimum absolute atomic E-state index is 0.0175. The minimum Gasteiger partial charge on any atom is -0.495 e. The highest BCUT2D eigenvalue weighted by Gasteiger charge is 2.32. The third-order valence-corrected chi connectivity index (χ3v) is 8.23. The van der Waals surface area contributed by atoms with Crippen LogP contribution in [0.3, 0.4) is 0 Å². The molecule has 0 saturated heterocycles. The van der Waals surface area contributed by atoms with Crippen molar-refractivity contribution in [2.24, 2.45) is 11.8 Å². The highest BCUT2D eigenvalue weighted by molar-refractivity contribution is 6.32. The molecule has 0 fully saturated rings. The third-order valence-electron chi connectivity index (χ3n) is 7.39. The molecule has 0 saturated carbocycles. The number of ether oxygens (including phenoxy) is 3. The van der Waals surface area contributed by atoms with E-state index in [1.165, 1.54) is 19.3 Å². The van der Waals surface area contributed by atoms with Gasteiger partial charge in [0.15, 0.2) is 6.10 Å². The van der Waals surface area contributed by atoms with Crippen molar-refractivity contribution in [3.63, 3.8) is 0 Å². The van der Waals surface area contributed by atoms with E-state index in [2.05, 4.69) is 10.6 Å². The first-order valence-corrected chi connectivity index (χ1v) is 16.0. The van der Waals surface area contributed by atoms with Crippen LogP contribution in [0.4, 0.5) is 0 Å². The quantitative estimate of drug-likeness (QED) is 0.257. The number of carbonyl (C=O) groups excluding carboxylic acids is 4. The van der Waals surface area contributed by atoms with Gasteiger partial charge in [-0.2, -0.15) is 0 Å². The summed E-state index contributed by atoms with van der Waals surface area (Å²) in [6.07, 6.45) is -0.202. The minimum atomic E-state index is -1.21. The summed E-state index contributed by atoms with van der Waals surface area (Å²) in [5, 5.41) is 15.9. The van der Waals surface area contributed by atoms with E-state index in [0.717, 1.165) is 0 Å². The van der Waals surface area contributed by atoms with Gasteiger partial charge in [-0.15, -0.1) is 11.6 Å². The number of benzene rings is 2. The van der Waals surface area contributed by atoms with E-state index in [1.807, 2.05) is 19.9 Å². The molecule has 0 radical (unpaired) electrons. The van der Waals surface area contributed by atoms with Crippen molar-refractivity contribution in [2.45, 2.75) is 76.2 Å². The molecule has 2 aromatic rings. The Morgan fingerprint density at radius 2 is 1.74 bits per heavy atom. The van der Waals surface area contributed by atoms with Crippen molar-refractivity contribution < 1.29 is 38.5 Å². The number of methoxy groups -OCH3 is 1. The van der Waals surface area contributed by atoms with Gasteiger partial charge in [0.2, 0.25) is 11.8 Å². The normalized spacial score (nSPS) is 23.8. The number of aliphatic hydroxyl groups excluding tert-OH is 1. The number of cyclic esters (lactones) is 2. The largest absolute Gasteiger partial charge is 0.495 e. The molecule has 3 rings (SSSR count). The van der Waals surface area contributed by atoms with Gasteiger partial charge in [-0.25, -0.2) is 4.79 Å². The van der Waals surface area contributed by atoms with Gasteiger partial charge < -0.3 is 30.0 Å². The molecule has 0 aliphatic carbocycles. The lowest BCUT2D eigenvalue weighted by Crippen LogP contribution is -2.49. The van der Waals surface area contributed by atoms with Crippen LogP contribution in [0.2, 0.25) is 5.02 Å². The highest BCUT2D eigenvalue weighted by atomic mass is 35.5. The molecule has 46 heavy (non-hydrogen) atoms. The summed E-state index contributed by atoms with van der Waals surface area (Å²) < 4.78 is 16.6. The standard InChI is InChI=1S/C34H42Cl2N2O8/c1-20(2)15-29-34(43)45-24(18-27(39)31(36)23-9-6-5-7-10-23)11-8-12-30(40)38-26(32(41)37-19-21(3)33(42)46-29)17-22-13-14-28(44-4)25(35)16-22/h5-10,12-14,16,20-21,24,26-27,29,31,39H,11,15,17-19H2,1-4H3,(H,37,41)(H,38,40)/b12-8+/t21-,24+,26-,27-,29+,31+/m1/s1. The molecule has 3 N–H and O–H groups in total. The van der Waals surface area contributed by atoms with Gasteiger partial charge in [0.1, 0.15) is 17.9 Å². The number of aliphatic hydroxyl groups is 1. The summed E-state index contributed by atoms with van der Waals surface area (Å²) in [4.78, 5) is 52.6. The van der Waals surface area contributed by atoms with Crippen LogP contribution in [-0.2, 0) is 35.1 Å². The maximum atomic E-state index is 13.3. The van der Waals surface area contributed by atoms with E-state index in [0.29, 0.717) is 21.9 Å². The van der Waals surface area contributed by atoms with Crippen LogP contribution < -0.4 is 15.4 Å². The Hall–Kier alpha value is -3.60. The lowest BCUT2D eigenvalue weighted by molar-refractivity contribution is -0.175. The molecule has 0 bridgehead atoms. The van der Waals surface area contributed by atoms with Gasteiger partial charge in [0.05, 0.1) is 29.5 Å². The summed E-state index contributed by atoms with van der Waals surface area (Å²) in [7, 11) is 1.49. The van der Waals surface area contributed by atoms with Crippen LogP contribution in [0.25, 0.3) is 0 Å².